The molecule has 23 heavy (non-hydrogen) atoms. The zero-order valence-corrected chi connectivity index (χ0v) is 14.5. The van der Waals surface area contributed by atoms with Crippen molar-refractivity contribution in [1.29, 1.82) is 0 Å². The zero-order valence-electron chi connectivity index (χ0n) is 13.0. The summed E-state index contributed by atoms with van der Waals surface area (Å²) in [5.41, 5.74) is 0.408. The summed E-state index contributed by atoms with van der Waals surface area (Å²) in [6.07, 6.45) is 2.21. The topological polar surface area (TPSA) is 58.1 Å². The van der Waals surface area contributed by atoms with Crippen LogP contribution in [0.1, 0.15) is 30.1 Å². The average Bonchev–Trinajstić information content (AvgIpc) is 2.55. The molecule has 0 saturated heterocycles. The van der Waals surface area contributed by atoms with Crippen LogP contribution in [0.3, 0.4) is 0 Å². The van der Waals surface area contributed by atoms with E-state index in [9.17, 15) is 4.79 Å². The number of anilines is 2. The number of hydrogen-bond acceptors (Lipinski definition) is 4. The highest BCUT2D eigenvalue weighted by Gasteiger charge is 2.10. The van der Waals surface area contributed by atoms with Crippen LogP contribution in [0.5, 0.6) is 0 Å². The molecule has 0 spiro atoms. The smallest absolute Gasteiger partial charge is 0.256 e. The standard InChI is InChI=1S/C16H18Cl2N4O/c1-3-4-9-22(2)15-8-7-14(20-21-15)19-16(23)11-5-6-12(17)13(18)10-11/h5-8,10H,3-4,9H2,1-2H3,(H,19,20,23). The van der Waals surface area contributed by atoms with Gasteiger partial charge in [0, 0.05) is 19.2 Å². The Morgan fingerprint density at radius 2 is 1.96 bits per heavy atom. The fraction of sp³-hybridized carbons (Fsp3) is 0.312. The van der Waals surface area contributed by atoms with Crippen molar-refractivity contribution in [3.05, 3.63) is 45.9 Å². The van der Waals surface area contributed by atoms with Gasteiger partial charge < -0.3 is 10.2 Å². The third-order valence-electron chi connectivity index (χ3n) is 3.31. The van der Waals surface area contributed by atoms with E-state index in [1.165, 1.54) is 6.07 Å². The SMILES string of the molecule is CCCCN(C)c1ccc(NC(=O)c2ccc(Cl)c(Cl)c2)nn1. The van der Waals surface area contributed by atoms with Gasteiger partial charge in [-0.05, 0) is 36.8 Å². The number of carbonyl (C=O) groups is 1. The van der Waals surface area contributed by atoms with Gasteiger partial charge in [-0.25, -0.2) is 0 Å². The van der Waals surface area contributed by atoms with E-state index in [2.05, 4.69) is 22.4 Å². The molecule has 1 aromatic heterocycles. The maximum Gasteiger partial charge on any atom is 0.256 e. The van der Waals surface area contributed by atoms with Gasteiger partial charge in [0.25, 0.3) is 5.91 Å². The minimum atomic E-state index is -0.315. The molecule has 0 atom stereocenters. The zero-order chi connectivity index (χ0) is 16.8. The highest BCUT2D eigenvalue weighted by molar-refractivity contribution is 6.42. The average molecular weight is 353 g/mol. The third kappa shape index (κ3) is 4.81. The van der Waals surface area contributed by atoms with Crippen LogP contribution < -0.4 is 10.2 Å². The van der Waals surface area contributed by atoms with E-state index >= 15 is 0 Å². The first-order valence-electron chi connectivity index (χ1n) is 7.32. The van der Waals surface area contributed by atoms with Crippen LogP contribution in [0, 0.1) is 0 Å². The first kappa shape index (κ1) is 17.5. The van der Waals surface area contributed by atoms with Gasteiger partial charge in [-0.1, -0.05) is 36.5 Å². The van der Waals surface area contributed by atoms with E-state index < -0.39 is 0 Å². The van der Waals surface area contributed by atoms with E-state index in [4.69, 9.17) is 23.2 Å². The summed E-state index contributed by atoms with van der Waals surface area (Å²) in [6.45, 7) is 3.06. The summed E-state index contributed by atoms with van der Waals surface area (Å²) in [4.78, 5) is 14.2. The van der Waals surface area contributed by atoms with E-state index in [1.807, 2.05) is 18.0 Å². The Bertz CT molecular complexity index is 676. The van der Waals surface area contributed by atoms with Gasteiger partial charge in [-0.15, -0.1) is 10.2 Å². The van der Waals surface area contributed by atoms with Gasteiger partial charge in [0.15, 0.2) is 11.6 Å². The van der Waals surface area contributed by atoms with Crippen LogP contribution in [0.15, 0.2) is 30.3 Å². The quantitative estimate of drug-likeness (QED) is 0.843. The largest absolute Gasteiger partial charge is 0.358 e. The van der Waals surface area contributed by atoms with Crippen LogP contribution >= 0.6 is 23.2 Å². The Morgan fingerprint density at radius 1 is 1.17 bits per heavy atom. The Morgan fingerprint density at radius 3 is 2.57 bits per heavy atom. The van der Waals surface area contributed by atoms with Crippen molar-refractivity contribution >= 4 is 40.7 Å². The molecule has 0 bridgehead atoms. The predicted molar refractivity (Wildman–Crippen MR) is 94.6 cm³/mol. The van der Waals surface area contributed by atoms with Crippen LogP contribution in [0.2, 0.25) is 10.0 Å². The second-order valence-corrected chi connectivity index (χ2v) is 5.95. The number of unbranched alkanes of at least 4 members (excludes halogenated alkanes) is 1. The van der Waals surface area contributed by atoms with Gasteiger partial charge in [0.2, 0.25) is 0 Å². The number of carbonyl (C=O) groups excluding carboxylic acids is 1. The molecule has 122 valence electrons. The Hall–Kier alpha value is -1.85. The highest BCUT2D eigenvalue weighted by atomic mass is 35.5. The number of amides is 1. The first-order valence-corrected chi connectivity index (χ1v) is 8.08. The second-order valence-electron chi connectivity index (χ2n) is 5.13. The molecule has 1 aromatic carbocycles. The van der Waals surface area contributed by atoms with Gasteiger partial charge in [-0.3, -0.25) is 4.79 Å². The molecule has 0 unspecified atom stereocenters. The molecule has 0 saturated carbocycles. The lowest BCUT2D eigenvalue weighted by Crippen LogP contribution is -2.20. The molecule has 1 heterocycles. The molecule has 0 fully saturated rings. The van der Waals surface area contributed by atoms with Crippen molar-refractivity contribution in [2.24, 2.45) is 0 Å². The molecule has 2 rings (SSSR count). The summed E-state index contributed by atoms with van der Waals surface area (Å²) < 4.78 is 0. The lowest BCUT2D eigenvalue weighted by Gasteiger charge is -2.17. The van der Waals surface area contributed by atoms with Crippen molar-refractivity contribution in [3.8, 4) is 0 Å². The minimum Gasteiger partial charge on any atom is -0.358 e. The molecule has 0 aliphatic rings. The molecule has 0 aliphatic carbocycles. The maximum atomic E-state index is 12.1. The van der Waals surface area contributed by atoms with E-state index in [0.717, 1.165) is 25.2 Å². The number of nitrogens with one attached hydrogen (secondary N) is 1. The molecule has 7 heteroatoms. The molecule has 0 radical (unpaired) electrons. The maximum absolute atomic E-state index is 12.1. The molecule has 1 N–H and O–H groups in total. The minimum absolute atomic E-state index is 0.315. The summed E-state index contributed by atoms with van der Waals surface area (Å²) in [5.74, 6) is 0.838. The monoisotopic (exact) mass is 352 g/mol. The molecule has 2 aromatic rings. The highest BCUT2D eigenvalue weighted by Crippen LogP contribution is 2.23. The van der Waals surface area contributed by atoms with E-state index in [0.29, 0.717) is 21.4 Å². The number of aromatic nitrogens is 2. The van der Waals surface area contributed by atoms with Crippen molar-refractivity contribution in [2.75, 3.05) is 23.8 Å². The number of halogens is 2. The van der Waals surface area contributed by atoms with Gasteiger partial charge >= 0.3 is 0 Å². The predicted octanol–water partition coefficient (Wildman–Crippen LogP) is 4.27. The van der Waals surface area contributed by atoms with Gasteiger partial charge in [-0.2, -0.15) is 0 Å². The van der Waals surface area contributed by atoms with Gasteiger partial charge in [0.05, 0.1) is 10.0 Å². The number of benzene rings is 1. The Labute approximate surface area is 145 Å². The first-order chi connectivity index (χ1) is 11.0. The van der Waals surface area contributed by atoms with Crippen LogP contribution in [0.4, 0.5) is 11.6 Å². The van der Waals surface area contributed by atoms with Crippen LogP contribution in [-0.4, -0.2) is 29.7 Å². The number of rotatable bonds is 6. The molecule has 1 amide bonds. The fourth-order valence-corrected chi connectivity index (χ4v) is 2.23. The Kier molecular flexibility index (Phi) is 6.19. The lowest BCUT2D eigenvalue weighted by molar-refractivity contribution is 0.102. The van der Waals surface area contributed by atoms with E-state index in [-0.39, 0.29) is 5.91 Å². The molecule has 0 aliphatic heterocycles. The van der Waals surface area contributed by atoms with Crippen molar-refractivity contribution in [3.63, 3.8) is 0 Å². The van der Waals surface area contributed by atoms with Crippen molar-refractivity contribution in [2.45, 2.75) is 19.8 Å². The third-order valence-corrected chi connectivity index (χ3v) is 4.05. The van der Waals surface area contributed by atoms with Crippen LogP contribution in [-0.2, 0) is 0 Å². The molecular weight excluding hydrogens is 335 g/mol. The van der Waals surface area contributed by atoms with Crippen molar-refractivity contribution < 1.29 is 4.79 Å². The summed E-state index contributed by atoms with van der Waals surface area (Å²) in [6, 6.07) is 8.24. The Balaban J connectivity index is 2.02. The molecule has 5 nitrogen and oxygen atoms in total. The number of nitrogens with zero attached hydrogens (tertiary/aromatic N) is 3. The van der Waals surface area contributed by atoms with E-state index in [1.54, 1.807) is 18.2 Å². The normalized spacial score (nSPS) is 10.4. The molecular formula is C16H18Cl2N4O. The number of hydrogen-bond donors (Lipinski definition) is 1. The lowest BCUT2D eigenvalue weighted by atomic mass is 10.2. The fourth-order valence-electron chi connectivity index (χ4n) is 1.93. The summed E-state index contributed by atoms with van der Waals surface area (Å²) in [5, 5.41) is 11.6. The second kappa shape index (κ2) is 8.13. The summed E-state index contributed by atoms with van der Waals surface area (Å²) in [7, 11) is 1.97. The van der Waals surface area contributed by atoms with Crippen molar-refractivity contribution in [1.82, 2.24) is 10.2 Å². The van der Waals surface area contributed by atoms with Gasteiger partial charge in [0.1, 0.15) is 0 Å². The van der Waals surface area contributed by atoms with Crippen LogP contribution in [0.25, 0.3) is 0 Å². The summed E-state index contributed by atoms with van der Waals surface area (Å²) >= 11 is 11.8.